The van der Waals surface area contributed by atoms with E-state index in [1.807, 2.05) is 43.5 Å². The van der Waals surface area contributed by atoms with Gasteiger partial charge in [-0.15, -0.1) is 0 Å². The summed E-state index contributed by atoms with van der Waals surface area (Å²) in [6, 6.07) is 10.9. The van der Waals surface area contributed by atoms with Gasteiger partial charge in [0.15, 0.2) is 30.5 Å². The van der Waals surface area contributed by atoms with Crippen LogP contribution < -0.4 is 14.8 Å². The van der Waals surface area contributed by atoms with Crippen LogP contribution in [0, 0.1) is 0 Å². The van der Waals surface area contributed by atoms with Crippen LogP contribution in [-0.2, 0) is 55.5 Å². The van der Waals surface area contributed by atoms with Crippen LogP contribution in [0.5, 0.6) is 0 Å². The lowest BCUT2D eigenvalue weighted by Gasteiger charge is -2.31. The third-order valence-corrected chi connectivity index (χ3v) is 13.6. The molecule has 0 aromatic heterocycles. The maximum absolute atomic E-state index is 14.4. The predicted molar refractivity (Wildman–Crippen MR) is 233 cm³/mol. The van der Waals surface area contributed by atoms with E-state index in [1.165, 1.54) is 13.2 Å². The molecule has 1 aromatic rings. The van der Waals surface area contributed by atoms with Gasteiger partial charge in [0.05, 0.1) is 31.2 Å². The predicted octanol–water partition coefficient (Wildman–Crippen LogP) is 5.99. The Morgan fingerprint density at radius 3 is 2.26 bits per heavy atom. The number of halogens is 4. The van der Waals surface area contributed by atoms with Gasteiger partial charge < -0.3 is 32.4 Å². The number of fused-ring (bicyclic) bond motifs is 2. The van der Waals surface area contributed by atoms with Gasteiger partial charge in [0.2, 0.25) is 5.36 Å². The van der Waals surface area contributed by atoms with E-state index in [9.17, 15) is 61.3 Å². The van der Waals surface area contributed by atoms with Crippen molar-refractivity contribution in [3.8, 4) is 11.3 Å². The molecule has 0 saturated heterocycles. The lowest BCUT2D eigenvalue weighted by atomic mass is 9.77. The molecule has 2 aliphatic heterocycles. The zero-order valence-electron chi connectivity index (χ0n) is 36.7. The van der Waals surface area contributed by atoms with Crippen LogP contribution in [-0.4, -0.2) is 102 Å². The Hall–Kier alpha value is -4.71. The van der Waals surface area contributed by atoms with Gasteiger partial charge in [0.25, 0.3) is 0 Å². The number of hydrogen-bond acceptors (Lipinski definition) is 14. The number of alkyl halides is 1. The number of rotatable bonds is 19. The Bertz CT molecular complexity index is 2830. The fourth-order valence-corrected chi connectivity index (χ4v) is 9.46. The summed E-state index contributed by atoms with van der Waals surface area (Å²) in [5, 5.41) is 0.661. The van der Waals surface area contributed by atoms with Gasteiger partial charge in [-0.05, 0) is 85.2 Å². The number of benzene rings is 2. The summed E-state index contributed by atoms with van der Waals surface area (Å²) < 4.78 is 181. The van der Waals surface area contributed by atoms with Gasteiger partial charge in [-0.3, -0.25) is 4.79 Å². The largest absolute Gasteiger partial charge is 0.748 e. The van der Waals surface area contributed by atoms with E-state index < -0.39 is 99.7 Å². The van der Waals surface area contributed by atoms with E-state index >= 15 is 0 Å². The minimum absolute atomic E-state index is 0.00626. The van der Waals surface area contributed by atoms with Gasteiger partial charge in [-0.2, -0.15) is 0 Å². The number of methoxy groups -OCH3 is 1. The number of ether oxygens (including phenoxy) is 2. The number of allylic oxidation sites excluding steroid dienone is 5. The van der Waals surface area contributed by atoms with E-state index in [1.54, 1.807) is 36.1 Å². The Labute approximate surface area is 381 Å². The van der Waals surface area contributed by atoms with Crippen molar-refractivity contribution in [3.63, 3.8) is 0 Å². The number of hydrogen-bond donors (Lipinski definition) is 0. The summed E-state index contributed by atoms with van der Waals surface area (Å²) in [5.41, 5.74) is 0.923. The molecular formula is C44H50F4N2O13S3-2. The molecule has 22 heteroatoms. The van der Waals surface area contributed by atoms with Crippen molar-refractivity contribution in [2.24, 2.45) is 0 Å². The molecule has 0 radical (unpaired) electrons. The van der Waals surface area contributed by atoms with Crippen LogP contribution in [0.25, 0.3) is 17.4 Å². The molecule has 362 valence electrons. The normalized spacial score (nSPS) is 20.6. The van der Waals surface area contributed by atoms with Crippen LogP contribution >= 0.6 is 0 Å². The molecule has 0 N–H and O–H groups in total. The van der Waals surface area contributed by atoms with E-state index in [0.29, 0.717) is 41.4 Å². The summed E-state index contributed by atoms with van der Waals surface area (Å²) in [4.78, 5) is 13.9. The molecule has 0 bridgehead atoms. The Balaban J connectivity index is 1.59. The Morgan fingerprint density at radius 1 is 0.939 bits per heavy atom. The van der Waals surface area contributed by atoms with Crippen molar-refractivity contribution in [2.45, 2.75) is 87.8 Å². The van der Waals surface area contributed by atoms with Gasteiger partial charge in [0, 0.05) is 72.5 Å². The summed E-state index contributed by atoms with van der Waals surface area (Å²) >= 11 is 0. The van der Waals surface area contributed by atoms with Gasteiger partial charge in [-0.25, -0.2) is 47.4 Å². The maximum Gasteiger partial charge on any atom is 0.306 e. The molecule has 4 aliphatic rings. The molecule has 2 heterocycles. The number of carbonyl (C=O) groups is 1. The van der Waals surface area contributed by atoms with E-state index in [2.05, 4.69) is 0 Å². The van der Waals surface area contributed by atoms with Crippen LogP contribution in [0.2, 0.25) is 0 Å². The first-order chi connectivity index (χ1) is 30.6. The average molecular weight is 987 g/mol. The third-order valence-electron chi connectivity index (χ3n) is 11.2. The highest BCUT2D eigenvalue weighted by Gasteiger charge is 2.44. The quantitative estimate of drug-likeness (QED) is 0.0582. The maximum atomic E-state index is 14.4. The van der Waals surface area contributed by atoms with Crippen LogP contribution in [0.4, 0.5) is 23.2 Å². The molecule has 1 aromatic carbocycles. The van der Waals surface area contributed by atoms with Crippen molar-refractivity contribution in [1.29, 1.82) is 0 Å². The molecule has 66 heavy (non-hydrogen) atoms. The molecule has 0 amide bonds. The SMILES string of the molecule is COCC[N+](CCCS(=O)(=O)[O-])=c1ccc2c(C(C)(C)C)cc(/C=C/C=C3/N(CCCS(=O)(=O)[O-])c4ccc(S(=O)(=O)[O-])cc4C3(C)CCCC(=O)OC3C(F)=C(F)C=C(F)C3F)oc-2c1. The molecule has 5 rings (SSSR count). The van der Waals surface area contributed by atoms with Crippen molar-refractivity contribution >= 4 is 48.1 Å². The monoisotopic (exact) mass is 986 g/mol. The molecule has 15 nitrogen and oxygen atoms in total. The van der Waals surface area contributed by atoms with Crippen molar-refractivity contribution in [2.75, 3.05) is 49.8 Å². The molecule has 0 fully saturated rings. The number of anilines is 1. The van der Waals surface area contributed by atoms with E-state index in [0.717, 1.165) is 23.3 Å². The second-order valence-corrected chi connectivity index (χ2v) is 21.5. The number of nitrogens with zero attached hydrogens (tertiary/aromatic N) is 2. The highest BCUT2D eigenvalue weighted by Crippen LogP contribution is 2.51. The topological polar surface area (TPSA) is 227 Å². The minimum atomic E-state index is -5.02. The van der Waals surface area contributed by atoms with Gasteiger partial charge in [-0.1, -0.05) is 26.8 Å². The van der Waals surface area contributed by atoms with Crippen LogP contribution in [0.3, 0.4) is 0 Å². The zero-order valence-corrected chi connectivity index (χ0v) is 39.2. The molecule has 3 unspecified atom stereocenters. The number of carbonyl (C=O) groups excluding carboxylic acids is 1. The smallest absolute Gasteiger partial charge is 0.306 e. The second-order valence-electron chi connectivity index (χ2n) is 17.1. The fourth-order valence-electron chi connectivity index (χ4n) is 8.00. The second kappa shape index (κ2) is 20.7. The van der Waals surface area contributed by atoms with E-state index in [-0.39, 0.29) is 50.4 Å². The fraction of sp³-hybridized carbons (Fsp3) is 0.455. The summed E-state index contributed by atoms with van der Waals surface area (Å²) in [6.45, 7) is 8.45. The summed E-state index contributed by atoms with van der Waals surface area (Å²) in [7, 11) is -12.6. The minimum Gasteiger partial charge on any atom is -0.748 e. The summed E-state index contributed by atoms with van der Waals surface area (Å²) in [5.74, 6) is -6.95. The van der Waals surface area contributed by atoms with Crippen molar-refractivity contribution in [1.82, 2.24) is 4.58 Å². The summed E-state index contributed by atoms with van der Waals surface area (Å²) in [6.07, 6.45) is -1.28. The van der Waals surface area contributed by atoms with Gasteiger partial charge in [0.1, 0.15) is 40.6 Å². The molecule has 0 spiro atoms. The molecule has 0 saturated carbocycles. The Kier molecular flexibility index (Phi) is 16.4. The third kappa shape index (κ3) is 13.0. The highest BCUT2D eigenvalue weighted by atomic mass is 32.2. The first-order valence-corrected chi connectivity index (χ1v) is 25.2. The van der Waals surface area contributed by atoms with Crippen molar-refractivity contribution in [3.05, 3.63) is 106 Å². The molecular weight excluding hydrogens is 937 g/mol. The lowest BCUT2D eigenvalue weighted by molar-refractivity contribution is -0.151. The van der Waals surface area contributed by atoms with Crippen LogP contribution in [0.15, 0.2) is 93.2 Å². The zero-order chi connectivity index (χ0) is 49.0. The van der Waals surface area contributed by atoms with Crippen LogP contribution in [0.1, 0.15) is 76.7 Å². The molecule has 3 atom stereocenters. The molecule has 2 aliphatic carbocycles. The van der Waals surface area contributed by atoms with Crippen molar-refractivity contribution < 1.29 is 75.2 Å². The highest BCUT2D eigenvalue weighted by molar-refractivity contribution is 7.86. The first kappa shape index (κ1) is 52.3. The van der Waals surface area contributed by atoms with E-state index in [4.69, 9.17) is 13.9 Å². The standard InChI is InChI=1S/C44H52F4N2O13S3/c1-43(2,3)32-25-29(62-37-24-28(13-15-31(32)37)49(20-21-61-5)18-8-22-64(52,53)54)10-6-11-38-44(4,17-7-12-39(51)63-42-40(47)34(45)27-35(46)41(42)48)33-26-30(66(58,59)60)14-16-36(33)50(38)19-9-23-65(55,56)57/h6,10-11,13-16,24-27,40,42H,7-9,12,17-23H2,1-5H3,(H2-,52,53,54,55,56,57,58,59,60)/p-2. The van der Waals surface area contributed by atoms with Gasteiger partial charge >= 0.3 is 5.97 Å². The number of esters is 1. The lowest BCUT2D eigenvalue weighted by Crippen LogP contribution is -2.34. The Morgan fingerprint density at radius 2 is 1.62 bits per heavy atom. The first-order valence-electron chi connectivity index (χ1n) is 20.7. The average Bonchev–Trinajstić information content (AvgIpc) is 3.43.